The third kappa shape index (κ3) is 1.59. The van der Waals surface area contributed by atoms with Gasteiger partial charge in [-0.2, -0.15) is 5.10 Å². The van der Waals surface area contributed by atoms with Crippen molar-refractivity contribution in [1.82, 2.24) is 15.1 Å². The molecule has 0 saturated carbocycles. The molecule has 0 aliphatic carbocycles. The topological polar surface area (TPSA) is 73.0 Å². The van der Waals surface area contributed by atoms with Crippen LogP contribution in [0, 0.1) is 10.1 Å². The zero-order chi connectivity index (χ0) is 11.1. The van der Waals surface area contributed by atoms with Crippen LogP contribution in [0.25, 0.3) is 0 Å². The minimum atomic E-state index is -0.390. The third-order valence-electron chi connectivity index (χ3n) is 3.62. The van der Waals surface area contributed by atoms with Gasteiger partial charge in [-0.15, -0.1) is 0 Å². The van der Waals surface area contributed by atoms with E-state index in [9.17, 15) is 10.1 Å². The van der Waals surface area contributed by atoms with Gasteiger partial charge >= 0.3 is 5.69 Å². The Hall–Kier alpha value is -1.43. The Morgan fingerprint density at radius 2 is 2.12 bits per heavy atom. The molecule has 1 N–H and O–H groups in total. The largest absolute Gasteiger partial charge is 0.311 e. The van der Waals surface area contributed by atoms with Crippen molar-refractivity contribution in [1.29, 1.82) is 0 Å². The Labute approximate surface area is 92.8 Å². The maximum atomic E-state index is 10.6. The molecule has 1 aromatic heterocycles. The minimum absolute atomic E-state index is 0.0888. The number of fused-ring (bicyclic) bond motifs is 2. The van der Waals surface area contributed by atoms with Crippen LogP contribution < -0.4 is 5.32 Å². The number of nitrogens with zero attached hydrogens (tertiary/aromatic N) is 3. The van der Waals surface area contributed by atoms with E-state index in [1.54, 1.807) is 10.9 Å². The quantitative estimate of drug-likeness (QED) is 0.603. The highest BCUT2D eigenvalue weighted by molar-refractivity contribution is 5.21. The first kappa shape index (κ1) is 9.77. The van der Waals surface area contributed by atoms with Crippen molar-refractivity contribution in [2.24, 2.45) is 0 Å². The molecule has 2 unspecified atom stereocenters. The molecular weight excluding hydrogens is 208 g/mol. The first-order chi connectivity index (χ1) is 7.72. The van der Waals surface area contributed by atoms with Crippen LogP contribution in [0.3, 0.4) is 0 Å². The molecule has 6 heteroatoms. The minimum Gasteiger partial charge on any atom is -0.311 e. The molecule has 2 fully saturated rings. The fourth-order valence-corrected chi connectivity index (χ4v) is 2.87. The van der Waals surface area contributed by atoms with Crippen LogP contribution in [0.15, 0.2) is 12.4 Å². The Kier molecular flexibility index (Phi) is 2.17. The van der Waals surface area contributed by atoms with Crippen molar-refractivity contribution in [3.05, 3.63) is 22.5 Å². The number of piperidine rings is 1. The average Bonchev–Trinajstić information content (AvgIpc) is 2.85. The van der Waals surface area contributed by atoms with Gasteiger partial charge in [0.25, 0.3) is 0 Å². The van der Waals surface area contributed by atoms with Gasteiger partial charge in [-0.1, -0.05) is 0 Å². The smallest absolute Gasteiger partial charge is 0.307 e. The van der Waals surface area contributed by atoms with Crippen molar-refractivity contribution in [3.8, 4) is 0 Å². The standard InChI is InChI=1S/C10H14N4O2/c15-14(16)10-5-11-13(6-10)9-3-7-1-2-8(4-9)12-7/h5-9,12H,1-4H2/t7-,8?,9?/m0/s1. The molecule has 2 saturated heterocycles. The highest BCUT2D eigenvalue weighted by Gasteiger charge is 2.34. The van der Waals surface area contributed by atoms with Gasteiger partial charge in [0, 0.05) is 12.1 Å². The summed E-state index contributed by atoms with van der Waals surface area (Å²) < 4.78 is 1.77. The first-order valence-electron chi connectivity index (χ1n) is 5.67. The first-order valence-corrected chi connectivity index (χ1v) is 5.67. The molecule has 0 spiro atoms. The summed E-state index contributed by atoms with van der Waals surface area (Å²) in [6.45, 7) is 0. The van der Waals surface area contributed by atoms with Crippen LogP contribution in [-0.4, -0.2) is 26.8 Å². The van der Waals surface area contributed by atoms with Gasteiger partial charge in [-0.3, -0.25) is 14.8 Å². The van der Waals surface area contributed by atoms with Crippen molar-refractivity contribution < 1.29 is 4.92 Å². The van der Waals surface area contributed by atoms with Gasteiger partial charge in [0.05, 0.1) is 11.0 Å². The number of nitro groups is 1. The predicted molar refractivity (Wildman–Crippen MR) is 57.1 cm³/mol. The van der Waals surface area contributed by atoms with Crippen LogP contribution in [0.4, 0.5) is 5.69 Å². The molecule has 1 aromatic rings. The third-order valence-corrected chi connectivity index (χ3v) is 3.62. The zero-order valence-electron chi connectivity index (χ0n) is 8.87. The van der Waals surface area contributed by atoms with Crippen molar-refractivity contribution in [3.63, 3.8) is 0 Å². The molecule has 16 heavy (non-hydrogen) atoms. The highest BCUT2D eigenvalue weighted by Crippen LogP contribution is 2.33. The maximum absolute atomic E-state index is 10.6. The fourth-order valence-electron chi connectivity index (χ4n) is 2.87. The van der Waals surface area contributed by atoms with Gasteiger partial charge < -0.3 is 5.32 Å². The van der Waals surface area contributed by atoms with E-state index in [1.807, 2.05) is 0 Å². The Morgan fingerprint density at radius 1 is 1.44 bits per heavy atom. The summed E-state index contributed by atoms with van der Waals surface area (Å²) in [5, 5.41) is 18.2. The Balaban J connectivity index is 1.79. The fraction of sp³-hybridized carbons (Fsp3) is 0.700. The van der Waals surface area contributed by atoms with E-state index in [0.717, 1.165) is 12.8 Å². The molecule has 86 valence electrons. The molecule has 2 bridgehead atoms. The van der Waals surface area contributed by atoms with E-state index in [4.69, 9.17) is 0 Å². The summed E-state index contributed by atoms with van der Waals surface area (Å²) in [5.74, 6) is 0. The van der Waals surface area contributed by atoms with Gasteiger partial charge in [0.1, 0.15) is 12.4 Å². The summed E-state index contributed by atoms with van der Waals surface area (Å²) in [6.07, 6.45) is 7.42. The van der Waals surface area contributed by atoms with Crippen molar-refractivity contribution >= 4 is 5.69 Å². The molecule has 3 atom stereocenters. The Bertz CT molecular complexity index is 405. The summed E-state index contributed by atoms with van der Waals surface area (Å²) in [6, 6.07) is 1.48. The lowest BCUT2D eigenvalue weighted by atomic mass is 10.0. The lowest BCUT2D eigenvalue weighted by Gasteiger charge is -2.28. The van der Waals surface area contributed by atoms with E-state index in [1.165, 1.54) is 19.0 Å². The van der Waals surface area contributed by atoms with E-state index in [0.29, 0.717) is 18.1 Å². The number of hydrogen-bond donors (Lipinski definition) is 1. The van der Waals surface area contributed by atoms with Crippen LogP contribution in [-0.2, 0) is 0 Å². The molecule has 6 nitrogen and oxygen atoms in total. The summed E-state index contributed by atoms with van der Waals surface area (Å²) in [7, 11) is 0. The SMILES string of the molecule is O=[N+]([O-])c1cnn(C2CC3CC[C@@H](C2)N3)c1. The van der Waals surface area contributed by atoms with E-state index < -0.39 is 0 Å². The molecule has 0 aromatic carbocycles. The number of nitrogens with one attached hydrogen (secondary N) is 1. The van der Waals surface area contributed by atoms with E-state index in [2.05, 4.69) is 10.4 Å². The second kappa shape index (κ2) is 3.55. The normalized spacial score (nSPS) is 32.9. The molecule has 3 heterocycles. The molecule has 0 radical (unpaired) electrons. The number of hydrogen-bond acceptors (Lipinski definition) is 4. The maximum Gasteiger partial charge on any atom is 0.307 e. The average molecular weight is 222 g/mol. The van der Waals surface area contributed by atoms with Crippen LogP contribution in [0.2, 0.25) is 0 Å². The summed E-state index contributed by atoms with van der Waals surface area (Å²) >= 11 is 0. The van der Waals surface area contributed by atoms with E-state index >= 15 is 0 Å². The molecule has 0 amide bonds. The van der Waals surface area contributed by atoms with Gasteiger partial charge in [0.2, 0.25) is 0 Å². The monoisotopic (exact) mass is 222 g/mol. The van der Waals surface area contributed by atoms with Gasteiger partial charge in [-0.25, -0.2) is 0 Å². The molecule has 2 aliphatic rings. The molecule has 3 rings (SSSR count). The van der Waals surface area contributed by atoms with Gasteiger partial charge in [-0.05, 0) is 25.7 Å². The van der Waals surface area contributed by atoms with Crippen LogP contribution in [0.5, 0.6) is 0 Å². The lowest BCUT2D eigenvalue weighted by molar-refractivity contribution is -0.385. The second-order valence-electron chi connectivity index (χ2n) is 4.70. The molecular formula is C10H14N4O2. The molecule has 2 aliphatic heterocycles. The van der Waals surface area contributed by atoms with Crippen LogP contribution >= 0.6 is 0 Å². The van der Waals surface area contributed by atoms with E-state index in [-0.39, 0.29) is 10.6 Å². The number of aromatic nitrogens is 2. The number of rotatable bonds is 2. The van der Waals surface area contributed by atoms with Gasteiger partial charge in [0.15, 0.2) is 0 Å². The van der Waals surface area contributed by atoms with Crippen molar-refractivity contribution in [2.75, 3.05) is 0 Å². The summed E-state index contributed by atoms with van der Waals surface area (Å²) in [4.78, 5) is 10.2. The van der Waals surface area contributed by atoms with Crippen molar-refractivity contribution in [2.45, 2.75) is 43.8 Å². The Morgan fingerprint density at radius 3 is 2.69 bits per heavy atom. The lowest BCUT2D eigenvalue weighted by Crippen LogP contribution is -2.38. The summed E-state index contributed by atoms with van der Waals surface area (Å²) in [5.41, 5.74) is 0.0888. The predicted octanol–water partition coefficient (Wildman–Crippen LogP) is 1.25. The highest BCUT2D eigenvalue weighted by atomic mass is 16.6. The zero-order valence-corrected chi connectivity index (χ0v) is 8.87. The second-order valence-corrected chi connectivity index (χ2v) is 4.70. The van der Waals surface area contributed by atoms with Crippen LogP contribution in [0.1, 0.15) is 31.7 Å².